The Kier molecular flexibility index (Phi) is 4.81. The second-order valence-corrected chi connectivity index (χ2v) is 12.2. The lowest BCUT2D eigenvalue weighted by atomic mass is 10.0. The van der Waals surface area contributed by atoms with Crippen molar-refractivity contribution in [2.24, 2.45) is 0 Å². The van der Waals surface area contributed by atoms with Gasteiger partial charge in [0.2, 0.25) is 0 Å². The summed E-state index contributed by atoms with van der Waals surface area (Å²) in [6, 6.07) is 40.3. The zero-order valence-electron chi connectivity index (χ0n) is 23.3. The van der Waals surface area contributed by atoms with E-state index < -0.39 is 0 Å². The van der Waals surface area contributed by atoms with E-state index in [1.807, 2.05) is 48.0 Å². The maximum absolute atomic E-state index is 6.57. The van der Waals surface area contributed by atoms with Gasteiger partial charge >= 0.3 is 0 Å². The molecule has 0 saturated carbocycles. The monoisotopic (exact) mass is 582 g/mol. The Hall–Kier alpha value is -5.72. The number of pyridine rings is 2. The lowest BCUT2D eigenvalue weighted by Crippen LogP contribution is -1.96. The number of hydrogen-bond acceptors (Lipinski definition) is 4. The molecule has 6 heteroatoms. The number of imidazole rings is 1. The minimum Gasteiger partial charge on any atom is -0.457 e. The summed E-state index contributed by atoms with van der Waals surface area (Å²) < 4.78 is 13.6. The largest absolute Gasteiger partial charge is 0.457 e. The van der Waals surface area contributed by atoms with Crippen LogP contribution in [0.5, 0.6) is 11.5 Å². The SMILES string of the molecule is c1ccc(-n2c3ccccc3c3ccc(Oc4ccc5c(c4)c4nccn4c4c5ccc5sc6ccccc6c54)cc32)nc1. The fourth-order valence-corrected chi connectivity index (χ4v) is 7.95. The summed E-state index contributed by atoms with van der Waals surface area (Å²) in [5.41, 5.74) is 4.29. The van der Waals surface area contributed by atoms with Crippen molar-refractivity contribution < 1.29 is 4.74 Å². The van der Waals surface area contributed by atoms with Gasteiger partial charge in [0.25, 0.3) is 0 Å². The fraction of sp³-hybridized carbons (Fsp3) is 0. The Balaban J connectivity index is 1.16. The van der Waals surface area contributed by atoms with Crippen LogP contribution in [0.2, 0.25) is 0 Å². The van der Waals surface area contributed by atoms with Crippen LogP contribution in [0.1, 0.15) is 0 Å². The molecule has 5 nitrogen and oxygen atoms in total. The third-order valence-electron chi connectivity index (χ3n) is 8.68. The highest BCUT2D eigenvalue weighted by Gasteiger charge is 2.17. The van der Waals surface area contributed by atoms with E-state index in [4.69, 9.17) is 9.72 Å². The van der Waals surface area contributed by atoms with E-state index in [9.17, 15) is 0 Å². The number of benzene rings is 5. The van der Waals surface area contributed by atoms with Crippen LogP contribution < -0.4 is 4.74 Å². The highest BCUT2D eigenvalue weighted by Crippen LogP contribution is 2.42. The van der Waals surface area contributed by atoms with Gasteiger partial charge in [-0.3, -0.25) is 8.97 Å². The second-order valence-electron chi connectivity index (χ2n) is 11.1. The van der Waals surface area contributed by atoms with Gasteiger partial charge in [0.1, 0.15) is 23.0 Å². The fourth-order valence-electron chi connectivity index (χ4n) is 6.84. The van der Waals surface area contributed by atoms with Crippen LogP contribution in [0.4, 0.5) is 0 Å². The minimum atomic E-state index is 0.767. The van der Waals surface area contributed by atoms with E-state index in [1.54, 1.807) is 0 Å². The molecule has 0 unspecified atom stereocenters. The van der Waals surface area contributed by atoms with Gasteiger partial charge in [0, 0.05) is 66.4 Å². The summed E-state index contributed by atoms with van der Waals surface area (Å²) in [6.07, 6.45) is 5.79. The molecule has 0 aliphatic rings. The molecule has 44 heavy (non-hydrogen) atoms. The average molecular weight is 583 g/mol. The summed E-state index contributed by atoms with van der Waals surface area (Å²) in [7, 11) is 0. The number of thiophene rings is 1. The van der Waals surface area contributed by atoms with Crippen LogP contribution in [0.3, 0.4) is 0 Å². The van der Waals surface area contributed by atoms with Crippen LogP contribution >= 0.6 is 11.3 Å². The Morgan fingerprint density at radius 2 is 1.32 bits per heavy atom. The van der Waals surface area contributed by atoms with Gasteiger partial charge in [0.15, 0.2) is 0 Å². The van der Waals surface area contributed by atoms with E-state index in [0.29, 0.717) is 0 Å². The first-order valence-corrected chi connectivity index (χ1v) is 15.4. The maximum atomic E-state index is 6.57. The molecule has 5 heterocycles. The molecule has 10 rings (SSSR count). The molecule has 206 valence electrons. The van der Waals surface area contributed by atoms with E-state index >= 15 is 0 Å². The van der Waals surface area contributed by atoms with E-state index in [-0.39, 0.29) is 0 Å². The van der Waals surface area contributed by atoms with Gasteiger partial charge in [0.05, 0.1) is 16.6 Å². The molecular formula is C38H22N4OS. The molecule has 0 aliphatic carbocycles. The minimum absolute atomic E-state index is 0.767. The molecule has 0 bridgehead atoms. The lowest BCUT2D eigenvalue weighted by molar-refractivity contribution is 0.484. The number of para-hydroxylation sites is 1. The predicted molar refractivity (Wildman–Crippen MR) is 182 cm³/mol. The van der Waals surface area contributed by atoms with Gasteiger partial charge in [-0.2, -0.15) is 0 Å². The quantitative estimate of drug-likeness (QED) is 0.195. The van der Waals surface area contributed by atoms with Crippen molar-refractivity contribution in [2.75, 3.05) is 0 Å². The second kappa shape index (κ2) is 8.89. The lowest BCUT2D eigenvalue weighted by Gasteiger charge is -2.12. The number of ether oxygens (including phenoxy) is 1. The number of fused-ring (bicyclic) bond motifs is 13. The van der Waals surface area contributed by atoms with Crippen molar-refractivity contribution in [3.63, 3.8) is 0 Å². The highest BCUT2D eigenvalue weighted by atomic mass is 32.1. The summed E-state index contributed by atoms with van der Waals surface area (Å²) in [5.74, 6) is 2.41. The van der Waals surface area contributed by atoms with Crippen molar-refractivity contribution in [3.8, 4) is 17.3 Å². The van der Waals surface area contributed by atoms with Crippen LogP contribution in [0.25, 0.3) is 75.1 Å². The maximum Gasteiger partial charge on any atom is 0.145 e. The topological polar surface area (TPSA) is 44.4 Å². The van der Waals surface area contributed by atoms with Gasteiger partial charge in [-0.15, -0.1) is 11.3 Å². The van der Waals surface area contributed by atoms with Gasteiger partial charge in [-0.25, -0.2) is 9.97 Å². The first kappa shape index (κ1) is 23.8. The molecule has 0 N–H and O–H groups in total. The molecule has 0 amide bonds. The summed E-state index contributed by atoms with van der Waals surface area (Å²) in [4.78, 5) is 9.49. The standard InChI is InChI=1S/C38H22N4OS/c1-3-9-31-26(7-1)27-15-13-24(22-32(27)42(31)35-11-5-6-18-39-35)43-23-12-14-25-28-16-17-34-36(29-8-2-4-10-33(29)44-34)37(28)41-20-19-40-38(41)30(25)21-23/h1-22H. The average Bonchev–Trinajstić information content (AvgIpc) is 3.79. The van der Waals surface area contributed by atoms with E-state index in [1.165, 1.54) is 36.5 Å². The van der Waals surface area contributed by atoms with Crippen molar-refractivity contribution in [1.29, 1.82) is 0 Å². The molecule has 0 atom stereocenters. The zero-order chi connectivity index (χ0) is 28.8. The van der Waals surface area contributed by atoms with Crippen LogP contribution in [-0.4, -0.2) is 18.9 Å². The van der Waals surface area contributed by atoms with Crippen LogP contribution in [-0.2, 0) is 0 Å². The van der Waals surface area contributed by atoms with Gasteiger partial charge in [-0.1, -0.05) is 48.5 Å². The van der Waals surface area contributed by atoms with Gasteiger partial charge < -0.3 is 4.74 Å². The predicted octanol–water partition coefficient (Wildman–Crippen LogP) is 10.3. The normalized spacial score (nSPS) is 12.1. The molecule has 0 saturated heterocycles. The van der Waals surface area contributed by atoms with Crippen LogP contribution in [0.15, 0.2) is 134 Å². The molecule has 0 radical (unpaired) electrons. The summed E-state index contributed by atoms with van der Waals surface area (Å²) in [6.45, 7) is 0. The third-order valence-corrected chi connectivity index (χ3v) is 9.82. The van der Waals surface area contributed by atoms with Crippen molar-refractivity contribution in [2.45, 2.75) is 0 Å². The smallest absolute Gasteiger partial charge is 0.145 e. The molecule has 0 spiro atoms. The molecule has 5 aromatic heterocycles. The number of nitrogens with zero attached hydrogens (tertiary/aromatic N) is 4. The summed E-state index contributed by atoms with van der Waals surface area (Å²) >= 11 is 1.84. The highest BCUT2D eigenvalue weighted by molar-refractivity contribution is 7.26. The van der Waals surface area contributed by atoms with Crippen molar-refractivity contribution in [3.05, 3.63) is 134 Å². The third kappa shape index (κ3) is 3.28. The Morgan fingerprint density at radius 3 is 2.23 bits per heavy atom. The van der Waals surface area contributed by atoms with Gasteiger partial charge in [-0.05, 0) is 66.0 Å². The Labute approximate surface area is 254 Å². The van der Waals surface area contributed by atoms with Crippen molar-refractivity contribution in [1.82, 2.24) is 18.9 Å². The molecule has 10 aromatic rings. The Bertz CT molecular complexity index is 2750. The van der Waals surface area contributed by atoms with E-state index in [0.717, 1.165) is 50.2 Å². The molecule has 0 aliphatic heterocycles. The summed E-state index contributed by atoms with van der Waals surface area (Å²) in [5, 5.41) is 8.34. The van der Waals surface area contributed by atoms with Crippen molar-refractivity contribution >= 4 is 80.6 Å². The number of aromatic nitrogens is 4. The molecule has 0 fully saturated rings. The number of rotatable bonds is 3. The Morgan fingerprint density at radius 1 is 0.545 bits per heavy atom. The van der Waals surface area contributed by atoms with E-state index in [2.05, 4.69) is 111 Å². The molecule has 5 aromatic carbocycles. The first-order chi connectivity index (χ1) is 21.8. The first-order valence-electron chi connectivity index (χ1n) is 14.6. The molecular weight excluding hydrogens is 561 g/mol. The zero-order valence-corrected chi connectivity index (χ0v) is 24.1. The number of hydrogen-bond donors (Lipinski definition) is 0. The van der Waals surface area contributed by atoms with Crippen LogP contribution in [0, 0.1) is 0 Å².